The van der Waals surface area contributed by atoms with Gasteiger partial charge in [-0.25, -0.2) is 4.68 Å². The lowest BCUT2D eigenvalue weighted by Gasteiger charge is -2.06. The molecule has 152 valence electrons. The SMILES string of the molecule is CCc1ccc(OCn2cc(NC(=O)CCn3nc([N+](=O)[O-])cc3C)cn2)cc1. The maximum Gasteiger partial charge on any atom is 0.390 e. The van der Waals surface area contributed by atoms with Crippen LogP contribution in [-0.4, -0.2) is 30.4 Å². The normalized spacial score (nSPS) is 10.7. The van der Waals surface area contributed by atoms with Gasteiger partial charge in [-0.15, -0.1) is 0 Å². The largest absolute Gasteiger partial charge is 0.471 e. The van der Waals surface area contributed by atoms with Crippen LogP contribution in [0, 0.1) is 17.0 Å². The summed E-state index contributed by atoms with van der Waals surface area (Å²) >= 11 is 0. The third kappa shape index (κ3) is 5.41. The molecule has 10 nitrogen and oxygen atoms in total. The van der Waals surface area contributed by atoms with Crippen LogP contribution in [0.2, 0.25) is 0 Å². The molecule has 0 saturated carbocycles. The predicted octanol–water partition coefficient (Wildman–Crippen LogP) is 2.92. The molecule has 0 spiro atoms. The van der Waals surface area contributed by atoms with E-state index in [4.69, 9.17) is 4.74 Å². The van der Waals surface area contributed by atoms with Crippen LogP contribution in [0.15, 0.2) is 42.7 Å². The van der Waals surface area contributed by atoms with Crippen molar-refractivity contribution >= 4 is 17.4 Å². The van der Waals surface area contributed by atoms with Gasteiger partial charge in [-0.1, -0.05) is 19.1 Å². The van der Waals surface area contributed by atoms with Crippen molar-refractivity contribution in [3.63, 3.8) is 0 Å². The first-order chi connectivity index (χ1) is 13.9. The molecular formula is C19H22N6O4. The van der Waals surface area contributed by atoms with Crippen LogP contribution in [0.3, 0.4) is 0 Å². The van der Waals surface area contributed by atoms with E-state index in [0.717, 1.165) is 12.2 Å². The number of carbonyl (C=O) groups is 1. The summed E-state index contributed by atoms with van der Waals surface area (Å²) in [6.07, 6.45) is 4.30. The second-order valence-corrected chi connectivity index (χ2v) is 6.46. The maximum absolute atomic E-state index is 12.1. The number of rotatable bonds is 9. The first-order valence-electron chi connectivity index (χ1n) is 9.17. The van der Waals surface area contributed by atoms with Gasteiger partial charge in [0.05, 0.1) is 41.5 Å². The fraction of sp³-hybridized carbons (Fsp3) is 0.316. The number of amides is 1. The van der Waals surface area contributed by atoms with Crippen LogP contribution in [0.1, 0.15) is 24.6 Å². The highest BCUT2D eigenvalue weighted by Crippen LogP contribution is 2.14. The number of nitrogens with zero attached hydrogens (tertiary/aromatic N) is 5. The number of nitro groups is 1. The van der Waals surface area contributed by atoms with Gasteiger partial charge in [-0.3, -0.25) is 4.79 Å². The number of benzene rings is 1. The second kappa shape index (κ2) is 9.00. The number of hydrogen-bond acceptors (Lipinski definition) is 6. The molecule has 0 aliphatic heterocycles. The highest BCUT2D eigenvalue weighted by atomic mass is 16.6. The average molecular weight is 398 g/mol. The minimum atomic E-state index is -0.557. The number of aromatic nitrogens is 4. The van der Waals surface area contributed by atoms with Gasteiger partial charge in [0, 0.05) is 6.42 Å². The van der Waals surface area contributed by atoms with Crippen molar-refractivity contribution < 1.29 is 14.5 Å². The Morgan fingerprint density at radius 1 is 1.31 bits per heavy atom. The van der Waals surface area contributed by atoms with Crippen LogP contribution < -0.4 is 10.1 Å². The lowest BCUT2D eigenvalue weighted by Crippen LogP contribution is -2.15. The molecule has 0 aliphatic carbocycles. The van der Waals surface area contributed by atoms with Crippen molar-refractivity contribution in [3.05, 3.63) is 64.1 Å². The zero-order valence-corrected chi connectivity index (χ0v) is 16.2. The smallest absolute Gasteiger partial charge is 0.390 e. The Balaban J connectivity index is 1.47. The number of hydrogen-bond donors (Lipinski definition) is 1. The summed E-state index contributed by atoms with van der Waals surface area (Å²) in [7, 11) is 0. The van der Waals surface area contributed by atoms with E-state index in [1.807, 2.05) is 24.3 Å². The van der Waals surface area contributed by atoms with Gasteiger partial charge < -0.3 is 20.2 Å². The van der Waals surface area contributed by atoms with Crippen molar-refractivity contribution in [1.82, 2.24) is 19.6 Å². The van der Waals surface area contributed by atoms with Gasteiger partial charge in [0.1, 0.15) is 5.75 Å². The Morgan fingerprint density at radius 2 is 2.07 bits per heavy atom. The first-order valence-corrected chi connectivity index (χ1v) is 9.17. The molecule has 1 amide bonds. The van der Waals surface area contributed by atoms with E-state index in [1.54, 1.807) is 17.8 Å². The summed E-state index contributed by atoms with van der Waals surface area (Å²) in [4.78, 5) is 22.3. The van der Waals surface area contributed by atoms with Crippen LogP contribution in [0.25, 0.3) is 0 Å². The van der Waals surface area contributed by atoms with Crippen molar-refractivity contribution in [2.24, 2.45) is 0 Å². The van der Waals surface area contributed by atoms with E-state index in [2.05, 4.69) is 22.4 Å². The maximum atomic E-state index is 12.1. The molecule has 2 heterocycles. The highest BCUT2D eigenvalue weighted by molar-refractivity contribution is 5.90. The quantitative estimate of drug-likeness (QED) is 0.437. The molecule has 3 rings (SSSR count). The van der Waals surface area contributed by atoms with Crippen molar-refractivity contribution in [1.29, 1.82) is 0 Å². The van der Waals surface area contributed by atoms with Crippen LogP contribution >= 0.6 is 0 Å². The lowest BCUT2D eigenvalue weighted by molar-refractivity contribution is -0.389. The van der Waals surface area contributed by atoms with Crippen molar-refractivity contribution in [2.45, 2.75) is 40.0 Å². The number of ether oxygens (including phenoxy) is 1. The molecule has 2 aromatic heterocycles. The van der Waals surface area contributed by atoms with Crippen molar-refractivity contribution in [2.75, 3.05) is 5.32 Å². The first kappa shape index (κ1) is 20.1. The Kier molecular flexibility index (Phi) is 6.22. The zero-order valence-electron chi connectivity index (χ0n) is 16.2. The molecule has 0 saturated heterocycles. The molecule has 0 bridgehead atoms. The van der Waals surface area contributed by atoms with Crippen LogP contribution in [0.4, 0.5) is 11.5 Å². The lowest BCUT2D eigenvalue weighted by atomic mass is 10.2. The summed E-state index contributed by atoms with van der Waals surface area (Å²) in [5, 5.41) is 21.5. The highest BCUT2D eigenvalue weighted by Gasteiger charge is 2.16. The molecule has 3 aromatic rings. The second-order valence-electron chi connectivity index (χ2n) is 6.46. The van der Waals surface area contributed by atoms with E-state index in [1.165, 1.54) is 22.5 Å². The molecular weight excluding hydrogens is 376 g/mol. The average Bonchev–Trinajstić information content (AvgIpc) is 3.31. The molecule has 1 N–H and O–H groups in total. The third-order valence-corrected chi connectivity index (χ3v) is 4.32. The number of carbonyl (C=O) groups excluding carboxylic acids is 1. The summed E-state index contributed by atoms with van der Waals surface area (Å²) in [6, 6.07) is 9.22. The van der Waals surface area contributed by atoms with Crippen molar-refractivity contribution in [3.8, 4) is 5.75 Å². The van der Waals surface area contributed by atoms with Gasteiger partial charge in [-0.05, 0) is 36.0 Å². The standard InChI is InChI=1S/C19H22N6O4/c1-3-15-4-6-17(7-5-15)29-13-23-12-16(11-20-23)21-19(26)8-9-24-14(2)10-18(22-24)25(27)28/h4-7,10-12H,3,8-9,13H2,1-2H3,(H,21,26). The minimum Gasteiger partial charge on any atom is -0.471 e. The van der Waals surface area contributed by atoms with E-state index in [-0.39, 0.29) is 31.4 Å². The zero-order chi connectivity index (χ0) is 20.8. The van der Waals surface area contributed by atoms with Crippen LogP contribution in [0.5, 0.6) is 5.75 Å². The van der Waals surface area contributed by atoms with Crippen LogP contribution in [-0.2, 0) is 24.5 Å². The summed E-state index contributed by atoms with van der Waals surface area (Å²) in [5.74, 6) is 0.277. The molecule has 29 heavy (non-hydrogen) atoms. The molecule has 0 radical (unpaired) electrons. The molecule has 0 fully saturated rings. The van der Waals surface area contributed by atoms with Gasteiger partial charge in [0.2, 0.25) is 5.91 Å². The van der Waals surface area contributed by atoms with Gasteiger partial charge >= 0.3 is 5.82 Å². The molecule has 0 atom stereocenters. The van der Waals surface area contributed by atoms with Gasteiger partial charge in [0.15, 0.2) is 6.73 Å². The molecule has 0 unspecified atom stereocenters. The van der Waals surface area contributed by atoms with E-state index in [9.17, 15) is 14.9 Å². The Morgan fingerprint density at radius 3 is 2.72 bits per heavy atom. The fourth-order valence-corrected chi connectivity index (χ4v) is 2.70. The topological polar surface area (TPSA) is 117 Å². The number of aryl methyl sites for hydroxylation is 3. The molecule has 0 aliphatic rings. The summed E-state index contributed by atoms with van der Waals surface area (Å²) in [6.45, 7) is 4.27. The number of nitrogens with one attached hydrogen (secondary N) is 1. The minimum absolute atomic E-state index is 0.130. The monoisotopic (exact) mass is 398 g/mol. The van der Waals surface area contributed by atoms with E-state index in [0.29, 0.717) is 11.4 Å². The third-order valence-electron chi connectivity index (χ3n) is 4.32. The van der Waals surface area contributed by atoms with E-state index < -0.39 is 4.92 Å². The Labute approximate surface area is 167 Å². The van der Waals surface area contributed by atoms with Gasteiger partial charge in [0.25, 0.3) is 0 Å². The number of anilines is 1. The van der Waals surface area contributed by atoms with E-state index >= 15 is 0 Å². The summed E-state index contributed by atoms with van der Waals surface area (Å²) < 4.78 is 8.69. The molecule has 10 heteroatoms. The predicted molar refractivity (Wildman–Crippen MR) is 106 cm³/mol. The van der Waals surface area contributed by atoms with Gasteiger partial charge in [-0.2, -0.15) is 9.78 Å². The Hall–Kier alpha value is -3.69. The fourth-order valence-electron chi connectivity index (χ4n) is 2.70. The molecule has 1 aromatic carbocycles. The Bertz CT molecular complexity index is 993. The summed E-state index contributed by atoms with van der Waals surface area (Å²) in [5.41, 5.74) is 2.41.